The molecule has 0 radical (unpaired) electrons. The third-order valence-electron chi connectivity index (χ3n) is 5.90. The van der Waals surface area contributed by atoms with E-state index in [4.69, 9.17) is 10.7 Å². The minimum Gasteiger partial charge on any atom is -0.384 e. The summed E-state index contributed by atoms with van der Waals surface area (Å²) in [6.07, 6.45) is 4.68. The first-order chi connectivity index (χ1) is 15.0. The Bertz CT molecular complexity index is 1040. The number of benzene rings is 1. The van der Waals surface area contributed by atoms with Gasteiger partial charge in [0.05, 0.1) is 0 Å². The molecular weight excluding hydrogens is 391 g/mol. The van der Waals surface area contributed by atoms with Gasteiger partial charge in [-0.25, -0.2) is 9.37 Å². The van der Waals surface area contributed by atoms with Crippen LogP contribution in [0, 0.1) is 12.7 Å². The van der Waals surface area contributed by atoms with Crippen LogP contribution >= 0.6 is 0 Å². The van der Waals surface area contributed by atoms with Gasteiger partial charge in [-0.05, 0) is 73.7 Å². The van der Waals surface area contributed by atoms with Crippen LogP contribution in [0.5, 0.6) is 0 Å². The summed E-state index contributed by atoms with van der Waals surface area (Å²) in [4.78, 5) is 23.5. The molecule has 0 bridgehead atoms. The van der Waals surface area contributed by atoms with Crippen LogP contribution in [0.4, 0.5) is 10.2 Å². The van der Waals surface area contributed by atoms with Crippen molar-refractivity contribution in [3.63, 3.8) is 0 Å². The fourth-order valence-electron chi connectivity index (χ4n) is 4.13. The van der Waals surface area contributed by atoms with Crippen LogP contribution in [0.2, 0.25) is 0 Å². The van der Waals surface area contributed by atoms with E-state index in [0.717, 1.165) is 54.0 Å². The van der Waals surface area contributed by atoms with Gasteiger partial charge in [-0.1, -0.05) is 12.1 Å². The van der Waals surface area contributed by atoms with E-state index in [9.17, 15) is 9.18 Å². The first-order valence-corrected chi connectivity index (χ1v) is 10.7. The summed E-state index contributed by atoms with van der Waals surface area (Å²) in [6.45, 7) is 3.48. The summed E-state index contributed by atoms with van der Waals surface area (Å²) in [5, 5.41) is 0. The highest BCUT2D eigenvalue weighted by Gasteiger charge is 2.25. The number of rotatable bonds is 5. The summed E-state index contributed by atoms with van der Waals surface area (Å²) >= 11 is 0. The zero-order valence-electron chi connectivity index (χ0n) is 17.7. The number of pyridine rings is 2. The number of aryl methyl sites for hydroxylation is 2. The highest BCUT2D eigenvalue weighted by atomic mass is 19.1. The number of nitrogens with zero attached hydrogens (tertiary/aromatic N) is 3. The fraction of sp³-hybridized carbons (Fsp3) is 0.320. The molecular formula is C25H27FN4O. The second-order valence-electron chi connectivity index (χ2n) is 8.18. The lowest BCUT2D eigenvalue weighted by Gasteiger charge is -2.32. The molecule has 160 valence electrons. The van der Waals surface area contributed by atoms with Gasteiger partial charge in [0.1, 0.15) is 11.6 Å². The predicted octanol–water partition coefficient (Wildman–Crippen LogP) is 4.51. The van der Waals surface area contributed by atoms with Gasteiger partial charge in [0.25, 0.3) is 0 Å². The Kier molecular flexibility index (Phi) is 6.26. The Morgan fingerprint density at radius 2 is 1.84 bits per heavy atom. The number of nitrogens with two attached hydrogens (primary N) is 1. The second-order valence-corrected chi connectivity index (χ2v) is 8.18. The van der Waals surface area contributed by atoms with Crippen molar-refractivity contribution in [3.8, 4) is 11.1 Å². The van der Waals surface area contributed by atoms with E-state index in [1.54, 1.807) is 24.4 Å². The van der Waals surface area contributed by atoms with E-state index in [1.807, 2.05) is 17.9 Å². The smallest absolute Gasteiger partial charge is 0.222 e. The Hall–Kier alpha value is -3.28. The van der Waals surface area contributed by atoms with Crippen LogP contribution in [0.1, 0.15) is 42.1 Å². The summed E-state index contributed by atoms with van der Waals surface area (Å²) < 4.78 is 13.0. The monoisotopic (exact) mass is 418 g/mol. The topological polar surface area (TPSA) is 72.1 Å². The van der Waals surface area contributed by atoms with E-state index >= 15 is 0 Å². The van der Waals surface area contributed by atoms with Crippen LogP contribution in [-0.4, -0.2) is 33.9 Å². The summed E-state index contributed by atoms with van der Waals surface area (Å²) in [7, 11) is 0. The first kappa shape index (κ1) is 21.0. The van der Waals surface area contributed by atoms with Crippen molar-refractivity contribution in [2.24, 2.45) is 0 Å². The van der Waals surface area contributed by atoms with Crippen molar-refractivity contribution >= 4 is 11.7 Å². The first-order valence-electron chi connectivity index (χ1n) is 10.7. The molecule has 1 aromatic carbocycles. The number of amides is 1. The molecule has 1 aliphatic heterocycles. The number of anilines is 1. The van der Waals surface area contributed by atoms with E-state index in [-0.39, 0.29) is 11.7 Å². The summed E-state index contributed by atoms with van der Waals surface area (Å²) in [6, 6.07) is 14.3. The van der Waals surface area contributed by atoms with Crippen molar-refractivity contribution in [1.29, 1.82) is 0 Å². The Morgan fingerprint density at radius 1 is 1.10 bits per heavy atom. The molecule has 0 atom stereocenters. The van der Waals surface area contributed by atoms with Gasteiger partial charge in [-0.3, -0.25) is 9.78 Å². The molecule has 6 heteroatoms. The highest BCUT2D eigenvalue weighted by molar-refractivity contribution is 5.76. The van der Waals surface area contributed by atoms with Crippen molar-refractivity contribution < 1.29 is 9.18 Å². The van der Waals surface area contributed by atoms with Crippen LogP contribution in [0.3, 0.4) is 0 Å². The molecule has 0 saturated carbocycles. The molecule has 0 spiro atoms. The third-order valence-corrected chi connectivity index (χ3v) is 5.90. The van der Waals surface area contributed by atoms with Gasteiger partial charge >= 0.3 is 0 Å². The molecule has 1 aliphatic rings. The van der Waals surface area contributed by atoms with Crippen molar-refractivity contribution in [2.75, 3.05) is 18.8 Å². The van der Waals surface area contributed by atoms with Gasteiger partial charge < -0.3 is 10.6 Å². The van der Waals surface area contributed by atoms with Gasteiger partial charge in [0, 0.05) is 48.6 Å². The number of hydrogen-bond acceptors (Lipinski definition) is 4. The number of carbonyl (C=O) groups is 1. The van der Waals surface area contributed by atoms with Crippen LogP contribution < -0.4 is 5.73 Å². The third kappa shape index (κ3) is 5.26. The molecule has 0 unspecified atom stereocenters. The molecule has 1 fully saturated rings. The molecule has 2 aromatic heterocycles. The predicted molar refractivity (Wildman–Crippen MR) is 120 cm³/mol. The Labute approximate surface area is 182 Å². The maximum absolute atomic E-state index is 13.0. The SMILES string of the molecule is Cc1cc(-c2ccc(N)nc2)cc(C2CCN(C(=O)CCc3ccc(F)cc3)CC2)n1. The lowest BCUT2D eigenvalue weighted by atomic mass is 9.91. The van der Waals surface area contributed by atoms with Crippen molar-refractivity contribution in [2.45, 2.75) is 38.5 Å². The summed E-state index contributed by atoms with van der Waals surface area (Å²) in [5.74, 6) is 0.749. The largest absolute Gasteiger partial charge is 0.384 e. The van der Waals surface area contributed by atoms with E-state index in [2.05, 4.69) is 17.1 Å². The average molecular weight is 419 g/mol. The molecule has 0 aliphatic carbocycles. The molecule has 1 saturated heterocycles. The zero-order valence-corrected chi connectivity index (χ0v) is 17.7. The van der Waals surface area contributed by atoms with Gasteiger partial charge in [-0.2, -0.15) is 0 Å². The van der Waals surface area contributed by atoms with Crippen molar-refractivity contribution in [3.05, 3.63) is 77.5 Å². The second kappa shape index (κ2) is 9.25. The van der Waals surface area contributed by atoms with Gasteiger partial charge in [-0.15, -0.1) is 0 Å². The number of carbonyl (C=O) groups excluding carboxylic acids is 1. The van der Waals surface area contributed by atoms with E-state index < -0.39 is 0 Å². The van der Waals surface area contributed by atoms with Gasteiger partial charge in [0.15, 0.2) is 0 Å². The van der Waals surface area contributed by atoms with E-state index in [1.165, 1.54) is 12.1 Å². The van der Waals surface area contributed by atoms with Crippen LogP contribution in [0.25, 0.3) is 11.1 Å². The average Bonchev–Trinajstić information content (AvgIpc) is 2.78. The molecule has 5 nitrogen and oxygen atoms in total. The maximum atomic E-state index is 13.0. The van der Waals surface area contributed by atoms with Crippen LogP contribution in [-0.2, 0) is 11.2 Å². The molecule has 4 rings (SSSR count). The Morgan fingerprint density at radius 3 is 2.52 bits per heavy atom. The summed E-state index contributed by atoms with van der Waals surface area (Å²) in [5.41, 5.74) is 10.9. The minimum atomic E-state index is -0.252. The minimum absolute atomic E-state index is 0.161. The molecule has 1 amide bonds. The van der Waals surface area contributed by atoms with Crippen LogP contribution in [0.15, 0.2) is 54.7 Å². The number of likely N-dealkylation sites (tertiary alicyclic amines) is 1. The van der Waals surface area contributed by atoms with Gasteiger partial charge in [0.2, 0.25) is 5.91 Å². The molecule has 31 heavy (non-hydrogen) atoms. The fourth-order valence-corrected chi connectivity index (χ4v) is 4.13. The van der Waals surface area contributed by atoms with Crippen molar-refractivity contribution in [1.82, 2.24) is 14.9 Å². The quantitative estimate of drug-likeness (QED) is 0.662. The number of aromatic nitrogens is 2. The number of nitrogen functional groups attached to an aromatic ring is 1. The standard InChI is InChI=1S/C25H27FN4O/c1-17-14-21(20-5-8-24(27)28-16-20)15-23(29-17)19-10-12-30(13-11-19)25(31)9-4-18-2-6-22(26)7-3-18/h2-3,5-8,14-16,19H,4,9-13H2,1H3,(H2,27,28). The van der Waals surface area contributed by atoms with E-state index in [0.29, 0.717) is 24.6 Å². The molecule has 3 aromatic rings. The molecule has 3 heterocycles. The zero-order chi connectivity index (χ0) is 21.8. The molecule has 2 N–H and O–H groups in total. The number of halogens is 1. The normalized spacial score (nSPS) is 14.6. The lowest BCUT2D eigenvalue weighted by Crippen LogP contribution is -2.38. The maximum Gasteiger partial charge on any atom is 0.222 e. The number of hydrogen-bond donors (Lipinski definition) is 1. The lowest BCUT2D eigenvalue weighted by molar-refractivity contribution is -0.132. The number of piperidine rings is 1. The highest BCUT2D eigenvalue weighted by Crippen LogP contribution is 2.30. The Balaban J connectivity index is 1.36.